The minimum Gasteiger partial charge on any atom is -0.456 e. The van der Waals surface area contributed by atoms with Crippen LogP contribution in [0.2, 0.25) is 0 Å². The largest absolute Gasteiger partial charge is 0.456 e. The van der Waals surface area contributed by atoms with Gasteiger partial charge in [0, 0.05) is 29.8 Å². The van der Waals surface area contributed by atoms with Gasteiger partial charge in [0.15, 0.2) is 0 Å². The summed E-state index contributed by atoms with van der Waals surface area (Å²) in [5.74, 6) is -2.85. The summed E-state index contributed by atoms with van der Waals surface area (Å²) in [7, 11) is 0. The van der Waals surface area contributed by atoms with Gasteiger partial charge in [-0.05, 0) is 37.3 Å². The smallest absolute Gasteiger partial charge is 0.427 e. The van der Waals surface area contributed by atoms with Gasteiger partial charge in [0.25, 0.3) is 11.8 Å². The van der Waals surface area contributed by atoms with Gasteiger partial charge >= 0.3 is 12.2 Å². The van der Waals surface area contributed by atoms with Crippen LogP contribution in [0.4, 0.5) is 18.4 Å². The standard InChI is InChI=1S/C24H20F2N4O6S/c1-12-6-13-7-15(2-3-17(13)30(12)23(34)36-22(27)33)35-18-4-5-28-16-8-19(37-20(16)18)21(32)29-11-24(25,26)9-14(29)10-31/h2-8,14,31H,9-11H2,1H3,(H2,27,33). The molecule has 0 aliphatic carbocycles. The zero-order valence-electron chi connectivity index (χ0n) is 19.3. The predicted molar refractivity (Wildman–Crippen MR) is 129 cm³/mol. The first-order chi connectivity index (χ1) is 17.6. The molecular weight excluding hydrogens is 510 g/mol. The van der Waals surface area contributed by atoms with Crippen molar-refractivity contribution in [2.75, 3.05) is 13.2 Å². The summed E-state index contributed by atoms with van der Waals surface area (Å²) in [6, 6.07) is 8.78. The number of rotatable bonds is 4. The van der Waals surface area contributed by atoms with E-state index < -0.39 is 49.6 Å². The number of aryl methyl sites for hydroxylation is 1. The van der Waals surface area contributed by atoms with Gasteiger partial charge in [-0.1, -0.05) is 0 Å². The van der Waals surface area contributed by atoms with E-state index in [9.17, 15) is 28.3 Å². The van der Waals surface area contributed by atoms with Crippen LogP contribution in [0.15, 0.2) is 42.6 Å². The number of pyridine rings is 1. The number of nitrogens with two attached hydrogens (primary N) is 1. The predicted octanol–water partition coefficient (Wildman–Crippen LogP) is 4.26. The lowest BCUT2D eigenvalue weighted by Crippen LogP contribution is -2.37. The van der Waals surface area contributed by atoms with Crippen molar-refractivity contribution in [3.63, 3.8) is 0 Å². The molecule has 10 nitrogen and oxygen atoms in total. The molecule has 1 aliphatic heterocycles. The Bertz CT molecular complexity index is 1570. The first-order valence-electron chi connectivity index (χ1n) is 11.1. The third kappa shape index (κ3) is 4.58. The van der Waals surface area contributed by atoms with Crippen molar-refractivity contribution >= 4 is 50.5 Å². The maximum atomic E-state index is 13.9. The number of fused-ring (bicyclic) bond motifs is 2. The number of ether oxygens (including phenoxy) is 2. The average Bonchev–Trinajstić information content (AvgIpc) is 3.50. The topological polar surface area (TPSA) is 137 Å². The molecule has 4 heterocycles. The lowest BCUT2D eigenvalue weighted by atomic mass is 10.2. The number of halogens is 2. The van der Waals surface area contributed by atoms with E-state index in [0.29, 0.717) is 38.3 Å². The Morgan fingerprint density at radius 2 is 2.03 bits per heavy atom. The second kappa shape index (κ2) is 9.09. The SMILES string of the molecule is Cc1cc2cc(Oc3ccnc4cc(C(=O)N5CC(F)(F)CC5CO)sc34)ccc2n1C(=O)OC(N)=O. The summed E-state index contributed by atoms with van der Waals surface area (Å²) in [5, 5.41) is 10.1. The highest BCUT2D eigenvalue weighted by atomic mass is 32.1. The van der Waals surface area contributed by atoms with E-state index >= 15 is 0 Å². The molecule has 1 saturated heterocycles. The van der Waals surface area contributed by atoms with Crippen molar-refractivity contribution in [1.82, 2.24) is 14.5 Å². The van der Waals surface area contributed by atoms with Crippen LogP contribution in [-0.2, 0) is 4.74 Å². The van der Waals surface area contributed by atoms with E-state index in [1.807, 2.05) is 0 Å². The van der Waals surface area contributed by atoms with E-state index in [4.69, 9.17) is 10.5 Å². The van der Waals surface area contributed by atoms with E-state index in [0.717, 1.165) is 16.2 Å². The van der Waals surface area contributed by atoms with Crippen molar-refractivity contribution < 1.29 is 37.7 Å². The number of likely N-dealkylation sites (tertiary alicyclic amines) is 1. The fourth-order valence-corrected chi connectivity index (χ4v) is 5.46. The van der Waals surface area contributed by atoms with Gasteiger partial charge in [-0.25, -0.2) is 22.9 Å². The fraction of sp³-hybridized carbons (Fsp3) is 0.250. The first kappa shape index (κ1) is 24.6. The second-order valence-corrected chi connectivity index (χ2v) is 9.65. The van der Waals surface area contributed by atoms with Crippen LogP contribution in [0.5, 0.6) is 11.5 Å². The molecule has 4 aromatic rings. The van der Waals surface area contributed by atoms with Gasteiger partial charge in [-0.15, -0.1) is 11.3 Å². The molecule has 0 bridgehead atoms. The molecule has 1 unspecified atom stereocenters. The van der Waals surface area contributed by atoms with Crippen molar-refractivity contribution in [2.24, 2.45) is 5.73 Å². The van der Waals surface area contributed by atoms with E-state index in [1.54, 1.807) is 37.3 Å². The summed E-state index contributed by atoms with van der Waals surface area (Å²) in [4.78, 5) is 41.6. The van der Waals surface area contributed by atoms with E-state index in [1.165, 1.54) is 16.8 Å². The number of amides is 2. The number of carbonyl (C=O) groups excluding carboxylic acids is 3. The Morgan fingerprint density at radius 1 is 1.24 bits per heavy atom. The number of carbonyl (C=O) groups is 3. The number of aromatic nitrogens is 2. The summed E-state index contributed by atoms with van der Waals surface area (Å²) in [6.07, 6.45) is -1.24. The monoisotopic (exact) mass is 530 g/mol. The maximum Gasteiger partial charge on any atom is 0.427 e. The van der Waals surface area contributed by atoms with E-state index in [-0.39, 0.29) is 4.88 Å². The van der Waals surface area contributed by atoms with Crippen LogP contribution in [0.25, 0.3) is 21.1 Å². The summed E-state index contributed by atoms with van der Waals surface area (Å²) in [6.45, 7) is 0.355. The molecule has 0 saturated carbocycles. The zero-order valence-corrected chi connectivity index (χ0v) is 20.1. The highest BCUT2D eigenvalue weighted by Gasteiger charge is 2.47. The maximum absolute atomic E-state index is 13.9. The van der Waals surface area contributed by atoms with Gasteiger partial charge in [-0.3, -0.25) is 9.78 Å². The number of hydrogen-bond acceptors (Lipinski definition) is 8. The quantitative estimate of drug-likeness (QED) is 0.376. The molecule has 2 amide bonds. The molecule has 0 radical (unpaired) electrons. The number of hydrogen-bond donors (Lipinski definition) is 2. The molecule has 1 atom stereocenters. The van der Waals surface area contributed by atoms with Crippen LogP contribution in [0.3, 0.4) is 0 Å². The molecular formula is C24H20F2N4O6S. The number of primary amides is 1. The zero-order chi connectivity index (χ0) is 26.5. The van der Waals surface area contributed by atoms with Crippen LogP contribution in [0, 0.1) is 6.92 Å². The third-order valence-electron chi connectivity index (χ3n) is 5.99. The summed E-state index contributed by atoms with van der Waals surface area (Å²) < 4.78 is 40.0. The molecule has 3 N–H and O–H groups in total. The number of alkyl halides is 2. The van der Waals surface area contributed by atoms with Crippen LogP contribution in [-0.4, -0.2) is 62.8 Å². The first-order valence-corrected chi connectivity index (χ1v) is 11.9. The number of aliphatic hydroxyl groups is 1. The van der Waals surface area contributed by atoms with Crippen LogP contribution in [0.1, 0.15) is 21.8 Å². The normalized spacial score (nSPS) is 16.9. The average molecular weight is 531 g/mol. The summed E-state index contributed by atoms with van der Waals surface area (Å²) in [5.41, 5.74) is 6.38. The number of benzene rings is 1. The Balaban J connectivity index is 1.44. The minimum absolute atomic E-state index is 0.200. The Kier molecular flexibility index (Phi) is 6.04. The molecule has 1 aliphatic rings. The Labute approximate surface area is 211 Å². The molecule has 3 aromatic heterocycles. The van der Waals surface area contributed by atoms with Gasteiger partial charge in [0.1, 0.15) is 11.5 Å². The Morgan fingerprint density at radius 3 is 2.76 bits per heavy atom. The highest BCUT2D eigenvalue weighted by Crippen LogP contribution is 2.38. The number of nitrogens with zero attached hydrogens (tertiary/aromatic N) is 3. The lowest BCUT2D eigenvalue weighted by molar-refractivity contribution is 0.0116. The molecule has 1 fully saturated rings. The van der Waals surface area contributed by atoms with Crippen molar-refractivity contribution in [3.05, 3.63) is 53.2 Å². The van der Waals surface area contributed by atoms with Gasteiger partial charge in [0.2, 0.25) is 0 Å². The fourth-order valence-electron chi connectivity index (χ4n) is 4.44. The van der Waals surface area contributed by atoms with Gasteiger partial charge in [0.05, 0.1) is 39.8 Å². The number of thiophene rings is 1. The second-order valence-electron chi connectivity index (χ2n) is 8.59. The molecule has 37 heavy (non-hydrogen) atoms. The molecule has 0 spiro atoms. The highest BCUT2D eigenvalue weighted by molar-refractivity contribution is 7.21. The molecule has 192 valence electrons. The van der Waals surface area contributed by atoms with Crippen molar-refractivity contribution in [2.45, 2.75) is 25.3 Å². The lowest BCUT2D eigenvalue weighted by Gasteiger charge is -2.21. The van der Waals surface area contributed by atoms with Gasteiger partial charge in [-0.2, -0.15) is 0 Å². The van der Waals surface area contributed by atoms with Crippen LogP contribution >= 0.6 is 11.3 Å². The summed E-state index contributed by atoms with van der Waals surface area (Å²) >= 11 is 1.06. The van der Waals surface area contributed by atoms with Crippen molar-refractivity contribution in [3.8, 4) is 11.5 Å². The Hall–Kier alpha value is -4.10. The minimum atomic E-state index is -3.06. The molecule has 13 heteroatoms. The molecule has 1 aromatic carbocycles. The van der Waals surface area contributed by atoms with Gasteiger partial charge < -0.3 is 25.2 Å². The third-order valence-corrected chi connectivity index (χ3v) is 7.12. The number of aliphatic hydroxyl groups excluding tert-OH is 1. The molecule has 5 rings (SSSR count). The van der Waals surface area contributed by atoms with Crippen molar-refractivity contribution in [1.29, 1.82) is 0 Å². The van der Waals surface area contributed by atoms with Crippen LogP contribution < -0.4 is 10.5 Å². The van der Waals surface area contributed by atoms with E-state index in [2.05, 4.69) is 9.72 Å².